The monoisotopic (exact) mass is 644 g/mol. The van der Waals surface area contributed by atoms with E-state index in [1.807, 2.05) is 75.5 Å². The normalized spacial score (nSPS) is 10.6. The van der Waals surface area contributed by atoms with Gasteiger partial charge in [-0.15, -0.1) is 0 Å². The number of carbonyl (C=O) groups excluding carboxylic acids is 2. The average Bonchev–Trinajstić information content (AvgIpc) is 3.53. The minimum absolute atomic E-state index is 0.105. The van der Waals surface area contributed by atoms with Crippen molar-refractivity contribution in [3.8, 4) is 34.2 Å². The van der Waals surface area contributed by atoms with Gasteiger partial charge in [0.05, 0.1) is 31.2 Å². The van der Waals surface area contributed by atoms with E-state index in [0.29, 0.717) is 54.0 Å². The summed E-state index contributed by atoms with van der Waals surface area (Å²) in [6, 6.07) is 29.5. The molecule has 246 valence electrons. The first kappa shape index (κ1) is 33.5. The zero-order chi connectivity index (χ0) is 33.9. The Morgan fingerprint density at radius 1 is 0.750 bits per heavy atom. The quantitative estimate of drug-likeness (QED) is 0.0720. The highest BCUT2D eigenvalue weighted by Crippen LogP contribution is 2.30. The Bertz CT molecular complexity index is 1800. The van der Waals surface area contributed by atoms with Crippen molar-refractivity contribution < 1.29 is 23.8 Å². The van der Waals surface area contributed by atoms with E-state index in [-0.39, 0.29) is 5.57 Å². The van der Waals surface area contributed by atoms with Crippen LogP contribution in [0.4, 0.5) is 11.4 Å². The maximum atomic E-state index is 13.9. The fourth-order valence-electron chi connectivity index (χ4n) is 4.99. The van der Waals surface area contributed by atoms with Crippen LogP contribution < -0.4 is 24.8 Å². The lowest BCUT2D eigenvalue weighted by Gasteiger charge is -2.12. The van der Waals surface area contributed by atoms with Gasteiger partial charge in [-0.2, -0.15) is 5.10 Å². The Hall–Kier alpha value is -5.83. The van der Waals surface area contributed by atoms with Crippen LogP contribution in [0.1, 0.15) is 38.3 Å². The first-order valence-electron chi connectivity index (χ1n) is 16.1. The summed E-state index contributed by atoms with van der Waals surface area (Å²) >= 11 is 0. The second-order valence-electron chi connectivity index (χ2n) is 10.9. The maximum absolute atomic E-state index is 13.9. The van der Waals surface area contributed by atoms with Crippen molar-refractivity contribution in [2.75, 3.05) is 30.5 Å². The van der Waals surface area contributed by atoms with Crippen LogP contribution in [0.2, 0.25) is 0 Å². The number of hydrogen-bond donors (Lipinski definition) is 2. The third-order valence-electron chi connectivity index (χ3n) is 7.31. The van der Waals surface area contributed by atoms with Gasteiger partial charge in [-0.3, -0.25) is 9.59 Å². The van der Waals surface area contributed by atoms with E-state index >= 15 is 0 Å². The van der Waals surface area contributed by atoms with Gasteiger partial charge < -0.3 is 24.8 Å². The molecule has 0 bridgehead atoms. The minimum Gasteiger partial charge on any atom is -0.494 e. The molecule has 0 atom stereocenters. The fourth-order valence-corrected chi connectivity index (χ4v) is 4.99. The van der Waals surface area contributed by atoms with Crippen LogP contribution in [-0.2, 0) is 9.59 Å². The van der Waals surface area contributed by atoms with Crippen LogP contribution in [0.15, 0.2) is 109 Å². The Morgan fingerprint density at radius 3 is 1.85 bits per heavy atom. The molecule has 0 saturated carbocycles. The van der Waals surface area contributed by atoms with Gasteiger partial charge in [-0.05, 0) is 118 Å². The summed E-state index contributed by atoms with van der Waals surface area (Å²) in [7, 11) is 0. The Morgan fingerprint density at radius 2 is 1.33 bits per heavy atom. The van der Waals surface area contributed by atoms with Gasteiger partial charge in [0.2, 0.25) is 0 Å². The summed E-state index contributed by atoms with van der Waals surface area (Å²) in [6.07, 6.45) is 4.29. The largest absolute Gasteiger partial charge is 0.494 e. The average molecular weight is 645 g/mol. The van der Waals surface area contributed by atoms with Gasteiger partial charge in [0.1, 0.15) is 22.8 Å². The number of anilines is 2. The Labute approximate surface area is 281 Å². The lowest BCUT2D eigenvalue weighted by atomic mass is 10.0. The lowest BCUT2D eigenvalue weighted by molar-refractivity contribution is -0.118. The zero-order valence-electron chi connectivity index (χ0n) is 27.7. The third-order valence-corrected chi connectivity index (χ3v) is 7.31. The van der Waals surface area contributed by atoms with Gasteiger partial charge in [-0.1, -0.05) is 25.1 Å². The highest BCUT2D eigenvalue weighted by Gasteiger charge is 2.22. The number of nitrogens with zero attached hydrogens (tertiary/aromatic N) is 2. The second-order valence-corrected chi connectivity index (χ2v) is 10.9. The van der Waals surface area contributed by atoms with Crippen molar-refractivity contribution in [1.29, 1.82) is 0 Å². The molecule has 2 amide bonds. The highest BCUT2D eigenvalue weighted by atomic mass is 16.5. The Balaban J connectivity index is 1.57. The molecular weight excluding hydrogens is 604 g/mol. The van der Waals surface area contributed by atoms with Gasteiger partial charge in [-0.25, -0.2) is 4.68 Å². The number of rotatable bonds is 14. The topological polar surface area (TPSA) is 104 Å². The molecule has 0 fully saturated rings. The summed E-state index contributed by atoms with van der Waals surface area (Å²) in [5, 5.41) is 10.7. The number of hydrogen-bond acceptors (Lipinski definition) is 6. The summed E-state index contributed by atoms with van der Waals surface area (Å²) in [5.41, 5.74) is 4.71. The van der Waals surface area contributed by atoms with Crippen molar-refractivity contribution in [3.05, 3.63) is 120 Å². The van der Waals surface area contributed by atoms with Crippen molar-refractivity contribution in [1.82, 2.24) is 9.78 Å². The van der Waals surface area contributed by atoms with Crippen LogP contribution in [0.5, 0.6) is 17.2 Å². The molecule has 0 aliphatic carbocycles. The molecule has 0 aliphatic heterocycles. The fraction of sp³-hybridized carbons (Fsp3) is 0.205. The molecule has 1 heterocycles. The number of carbonyl (C=O) groups is 2. The number of aromatic nitrogens is 2. The van der Waals surface area contributed by atoms with Gasteiger partial charge in [0, 0.05) is 28.7 Å². The van der Waals surface area contributed by atoms with Crippen LogP contribution in [-0.4, -0.2) is 41.4 Å². The molecule has 48 heavy (non-hydrogen) atoms. The molecule has 0 saturated heterocycles. The minimum atomic E-state index is -0.583. The molecule has 2 N–H and O–H groups in total. The van der Waals surface area contributed by atoms with E-state index in [1.54, 1.807) is 59.3 Å². The van der Waals surface area contributed by atoms with Gasteiger partial charge >= 0.3 is 0 Å². The molecule has 4 aromatic carbocycles. The second kappa shape index (κ2) is 16.1. The lowest BCUT2D eigenvalue weighted by Crippen LogP contribution is -2.25. The molecule has 0 radical (unpaired) electrons. The number of para-hydroxylation sites is 1. The standard InChI is InChI=1S/C39H40N4O5/c1-5-23-48-36-22-13-28(24-27(36)4)37-29(26-43(42-37)32-11-9-8-10-12-32)25-35(38(44)40-30-14-18-33(19-15-30)46-6-2)39(45)41-31-16-20-34(21-17-31)47-7-3/h8-22,24-26H,5-7,23H2,1-4H3,(H,40,44)(H,41,45). The maximum Gasteiger partial charge on any atom is 0.261 e. The predicted molar refractivity (Wildman–Crippen MR) is 190 cm³/mol. The summed E-state index contributed by atoms with van der Waals surface area (Å²) in [5.74, 6) is 0.990. The van der Waals surface area contributed by atoms with Crippen LogP contribution in [0.3, 0.4) is 0 Å². The van der Waals surface area contributed by atoms with E-state index < -0.39 is 11.8 Å². The molecule has 1 aromatic heterocycles. The number of nitrogens with one attached hydrogen (secondary N) is 2. The molecule has 0 unspecified atom stereocenters. The molecular formula is C39H40N4O5. The van der Waals surface area contributed by atoms with Crippen molar-refractivity contribution >= 4 is 29.3 Å². The van der Waals surface area contributed by atoms with E-state index in [4.69, 9.17) is 19.3 Å². The molecule has 5 aromatic rings. The molecule has 5 rings (SSSR count). The smallest absolute Gasteiger partial charge is 0.261 e. The van der Waals surface area contributed by atoms with E-state index in [0.717, 1.165) is 29.0 Å². The van der Waals surface area contributed by atoms with Gasteiger partial charge in [0.15, 0.2) is 0 Å². The summed E-state index contributed by atoms with van der Waals surface area (Å²) in [4.78, 5) is 27.8. The van der Waals surface area contributed by atoms with E-state index in [9.17, 15) is 9.59 Å². The number of ether oxygens (including phenoxy) is 3. The highest BCUT2D eigenvalue weighted by molar-refractivity contribution is 6.29. The van der Waals surface area contributed by atoms with E-state index in [2.05, 4.69) is 17.6 Å². The van der Waals surface area contributed by atoms with E-state index in [1.165, 1.54) is 0 Å². The third kappa shape index (κ3) is 8.50. The first-order chi connectivity index (χ1) is 23.4. The Kier molecular flexibility index (Phi) is 11.3. The zero-order valence-corrected chi connectivity index (χ0v) is 27.7. The molecule has 9 nitrogen and oxygen atoms in total. The molecule has 0 aliphatic rings. The number of amides is 2. The van der Waals surface area contributed by atoms with Crippen molar-refractivity contribution in [3.63, 3.8) is 0 Å². The first-order valence-corrected chi connectivity index (χ1v) is 16.1. The number of aryl methyl sites for hydroxylation is 1. The van der Waals surface area contributed by atoms with Crippen LogP contribution in [0.25, 0.3) is 23.0 Å². The summed E-state index contributed by atoms with van der Waals surface area (Å²) in [6.45, 7) is 9.52. The van der Waals surface area contributed by atoms with Crippen LogP contribution in [0, 0.1) is 6.92 Å². The predicted octanol–water partition coefficient (Wildman–Crippen LogP) is 8.09. The molecule has 0 spiro atoms. The summed E-state index contributed by atoms with van der Waals surface area (Å²) < 4.78 is 18.7. The molecule has 9 heteroatoms. The van der Waals surface area contributed by atoms with Crippen molar-refractivity contribution in [2.24, 2.45) is 0 Å². The van der Waals surface area contributed by atoms with Crippen molar-refractivity contribution in [2.45, 2.75) is 34.1 Å². The van der Waals surface area contributed by atoms with Crippen LogP contribution >= 0.6 is 0 Å². The number of benzene rings is 4. The van der Waals surface area contributed by atoms with Gasteiger partial charge in [0.25, 0.3) is 11.8 Å². The SMILES string of the molecule is CCCOc1ccc(-c2nn(-c3ccccc3)cc2C=C(C(=O)Nc2ccc(OCC)cc2)C(=O)Nc2ccc(OCC)cc2)cc1C.